The van der Waals surface area contributed by atoms with Crippen molar-refractivity contribution in [2.24, 2.45) is 0 Å². The van der Waals surface area contributed by atoms with E-state index in [0.29, 0.717) is 12.5 Å². The van der Waals surface area contributed by atoms with Crippen LogP contribution < -0.4 is 5.32 Å². The van der Waals surface area contributed by atoms with Crippen LogP contribution in [0.25, 0.3) is 10.8 Å². The monoisotopic (exact) mass is 325 g/mol. The third-order valence-electron chi connectivity index (χ3n) is 4.93. The molecule has 1 N–H and O–H groups in total. The Kier molecular flexibility index (Phi) is 5.48. The molecule has 1 aliphatic heterocycles. The fourth-order valence-corrected chi connectivity index (χ4v) is 3.25. The van der Waals surface area contributed by atoms with Gasteiger partial charge in [-0.15, -0.1) is 0 Å². The summed E-state index contributed by atoms with van der Waals surface area (Å²) in [6, 6.07) is 14.9. The van der Waals surface area contributed by atoms with E-state index in [1.54, 1.807) is 0 Å². The first-order chi connectivity index (χ1) is 11.6. The number of likely N-dealkylation sites (N-methyl/N-ethyl adjacent to an activating group) is 1. The second-order valence-electron chi connectivity index (χ2n) is 6.85. The quantitative estimate of drug-likeness (QED) is 0.915. The van der Waals surface area contributed by atoms with Gasteiger partial charge in [0.1, 0.15) is 0 Å². The molecule has 4 nitrogen and oxygen atoms in total. The topological polar surface area (TPSA) is 35.6 Å². The van der Waals surface area contributed by atoms with Crippen LogP contribution in [0.5, 0.6) is 0 Å². The number of carbonyl (C=O) groups excluding carboxylic acids is 1. The van der Waals surface area contributed by atoms with Crippen LogP contribution in [-0.2, 0) is 11.2 Å². The number of rotatable bonds is 5. The van der Waals surface area contributed by atoms with Crippen molar-refractivity contribution in [1.82, 2.24) is 15.1 Å². The Morgan fingerprint density at radius 2 is 1.79 bits per heavy atom. The van der Waals surface area contributed by atoms with Crippen LogP contribution >= 0.6 is 0 Å². The van der Waals surface area contributed by atoms with E-state index in [1.807, 2.05) is 18.2 Å². The van der Waals surface area contributed by atoms with Crippen molar-refractivity contribution in [3.05, 3.63) is 48.0 Å². The van der Waals surface area contributed by atoms with Crippen molar-refractivity contribution in [3.8, 4) is 0 Å². The summed E-state index contributed by atoms with van der Waals surface area (Å²) in [4.78, 5) is 17.1. The predicted molar refractivity (Wildman–Crippen MR) is 99.2 cm³/mol. The van der Waals surface area contributed by atoms with Crippen molar-refractivity contribution in [2.75, 3.05) is 39.8 Å². The molecule has 1 atom stereocenters. The summed E-state index contributed by atoms with van der Waals surface area (Å²) in [5.74, 6) is 0.103. The third kappa shape index (κ3) is 4.34. The van der Waals surface area contributed by atoms with E-state index in [-0.39, 0.29) is 5.91 Å². The van der Waals surface area contributed by atoms with Gasteiger partial charge in [-0.2, -0.15) is 0 Å². The van der Waals surface area contributed by atoms with Crippen LogP contribution in [0.15, 0.2) is 42.5 Å². The standard InChI is InChI=1S/C20H27N3O/c1-16(23-11-9-22(2)10-12-23)15-21-20(24)14-17-7-8-18-5-3-4-6-19(18)13-17/h3-8,13,16H,9-12,14-15H2,1-2H3,(H,21,24)/t16-/m1/s1. The maximum atomic E-state index is 12.2. The van der Waals surface area contributed by atoms with Gasteiger partial charge in [0.25, 0.3) is 0 Å². The molecule has 24 heavy (non-hydrogen) atoms. The van der Waals surface area contributed by atoms with E-state index in [0.717, 1.165) is 38.3 Å². The minimum atomic E-state index is 0.103. The number of benzene rings is 2. The average molecular weight is 325 g/mol. The Morgan fingerprint density at radius 1 is 1.08 bits per heavy atom. The summed E-state index contributed by atoms with van der Waals surface area (Å²) in [5.41, 5.74) is 1.07. The van der Waals surface area contributed by atoms with E-state index >= 15 is 0 Å². The molecular weight excluding hydrogens is 298 g/mol. The highest BCUT2D eigenvalue weighted by atomic mass is 16.1. The van der Waals surface area contributed by atoms with Crippen molar-refractivity contribution in [3.63, 3.8) is 0 Å². The van der Waals surface area contributed by atoms with Gasteiger partial charge in [0.05, 0.1) is 6.42 Å². The summed E-state index contributed by atoms with van der Waals surface area (Å²) in [5, 5.41) is 5.50. The van der Waals surface area contributed by atoms with Crippen LogP contribution in [0.3, 0.4) is 0 Å². The molecule has 0 spiro atoms. The second kappa shape index (κ2) is 7.77. The van der Waals surface area contributed by atoms with E-state index in [2.05, 4.69) is 53.4 Å². The summed E-state index contributed by atoms with van der Waals surface area (Å²) in [7, 11) is 2.16. The summed E-state index contributed by atoms with van der Waals surface area (Å²) in [6.07, 6.45) is 0.445. The molecule has 2 aromatic carbocycles. The normalized spacial score (nSPS) is 17.8. The molecule has 0 unspecified atom stereocenters. The molecule has 1 amide bonds. The highest BCUT2D eigenvalue weighted by Gasteiger charge is 2.19. The lowest BCUT2D eigenvalue weighted by Gasteiger charge is -2.36. The van der Waals surface area contributed by atoms with Gasteiger partial charge >= 0.3 is 0 Å². The Hall–Kier alpha value is -1.91. The number of fused-ring (bicyclic) bond motifs is 1. The first-order valence-corrected chi connectivity index (χ1v) is 8.79. The fourth-order valence-electron chi connectivity index (χ4n) is 3.25. The SMILES string of the molecule is C[C@H](CNC(=O)Cc1ccc2ccccc2c1)N1CCN(C)CC1. The molecule has 0 aliphatic carbocycles. The Morgan fingerprint density at radius 3 is 2.54 bits per heavy atom. The summed E-state index contributed by atoms with van der Waals surface area (Å²) in [6.45, 7) is 7.29. The lowest BCUT2D eigenvalue weighted by atomic mass is 10.0. The van der Waals surface area contributed by atoms with E-state index in [9.17, 15) is 4.79 Å². The number of hydrogen-bond donors (Lipinski definition) is 1. The van der Waals surface area contributed by atoms with Gasteiger partial charge in [-0.1, -0.05) is 42.5 Å². The molecule has 1 saturated heterocycles. The van der Waals surface area contributed by atoms with Crippen LogP contribution in [0, 0.1) is 0 Å². The highest BCUT2D eigenvalue weighted by molar-refractivity contribution is 5.85. The lowest BCUT2D eigenvalue weighted by Crippen LogP contribution is -2.51. The van der Waals surface area contributed by atoms with E-state index in [4.69, 9.17) is 0 Å². The van der Waals surface area contributed by atoms with Crippen molar-refractivity contribution in [2.45, 2.75) is 19.4 Å². The van der Waals surface area contributed by atoms with Gasteiger partial charge in [0.2, 0.25) is 5.91 Å². The number of carbonyl (C=O) groups is 1. The molecule has 2 aromatic rings. The van der Waals surface area contributed by atoms with Crippen LogP contribution in [0.1, 0.15) is 12.5 Å². The Labute approximate surface area is 144 Å². The molecule has 1 heterocycles. The van der Waals surface area contributed by atoms with Crippen LogP contribution in [0.2, 0.25) is 0 Å². The molecule has 1 aliphatic rings. The number of piperazine rings is 1. The molecule has 3 rings (SSSR count). The molecule has 0 saturated carbocycles. The predicted octanol–water partition coefficient (Wildman–Crippen LogP) is 2.13. The highest BCUT2D eigenvalue weighted by Crippen LogP contribution is 2.16. The molecule has 4 heteroatoms. The van der Waals surface area contributed by atoms with Gasteiger partial charge < -0.3 is 10.2 Å². The number of amides is 1. The second-order valence-corrected chi connectivity index (χ2v) is 6.85. The van der Waals surface area contributed by atoms with Gasteiger partial charge in [-0.05, 0) is 30.3 Å². The maximum Gasteiger partial charge on any atom is 0.224 e. The van der Waals surface area contributed by atoms with Crippen LogP contribution in [0.4, 0.5) is 0 Å². The first kappa shape index (κ1) is 16.9. The number of hydrogen-bond acceptors (Lipinski definition) is 3. The summed E-state index contributed by atoms with van der Waals surface area (Å²) >= 11 is 0. The van der Waals surface area contributed by atoms with Crippen LogP contribution in [-0.4, -0.2) is 61.5 Å². The molecule has 0 aromatic heterocycles. The molecule has 1 fully saturated rings. The number of nitrogens with zero attached hydrogens (tertiary/aromatic N) is 2. The van der Waals surface area contributed by atoms with Crippen molar-refractivity contribution < 1.29 is 4.79 Å². The molecule has 0 bridgehead atoms. The van der Waals surface area contributed by atoms with Crippen molar-refractivity contribution >= 4 is 16.7 Å². The van der Waals surface area contributed by atoms with Crippen molar-refractivity contribution in [1.29, 1.82) is 0 Å². The fraction of sp³-hybridized carbons (Fsp3) is 0.450. The average Bonchev–Trinajstić information content (AvgIpc) is 2.60. The zero-order chi connectivity index (χ0) is 16.9. The maximum absolute atomic E-state index is 12.2. The zero-order valence-electron chi connectivity index (χ0n) is 14.7. The minimum absolute atomic E-state index is 0.103. The smallest absolute Gasteiger partial charge is 0.224 e. The molecule has 0 radical (unpaired) electrons. The minimum Gasteiger partial charge on any atom is -0.354 e. The lowest BCUT2D eigenvalue weighted by molar-refractivity contribution is -0.120. The number of nitrogens with one attached hydrogen (secondary N) is 1. The van der Waals surface area contributed by atoms with Gasteiger partial charge in [0, 0.05) is 38.8 Å². The van der Waals surface area contributed by atoms with E-state index in [1.165, 1.54) is 10.8 Å². The van der Waals surface area contributed by atoms with E-state index < -0.39 is 0 Å². The molecular formula is C20H27N3O. The largest absolute Gasteiger partial charge is 0.354 e. The van der Waals surface area contributed by atoms with Gasteiger partial charge in [-0.25, -0.2) is 0 Å². The van der Waals surface area contributed by atoms with Gasteiger partial charge in [-0.3, -0.25) is 9.69 Å². The summed E-state index contributed by atoms with van der Waals surface area (Å²) < 4.78 is 0. The first-order valence-electron chi connectivity index (χ1n) is 8.79. The molecule has 128 valence electrons. The Bertz CT molecular complexity index is 692. The third-order valence-corrected chi connectivity index (χ3v) is 4.93. The Balaban J connectivity index is 1.49. The van der Waals surface area contributed by atoms with Gasteiger partial charge in [0.15, 0.2) is 0 Å². The zero-order valence-corrected chi connectivity index (χ0v) is 14.7.